The highest BCUT2D eigenvalue weighted by molar-refractivity contribution is 5.91. The average Bonchev–Trinajstić information content (AvgIpc) is 2.84. The van der Waals surface area contributed by atoms with E-state index < -0.39 is 11.9 Å². The molecule has 2 N–H and O–H groups in total. The smallest absolute Gasteiger partial charge is 0.311 e. The minimum absolute atomic E-state index is 0.173. The predicted molar refractivity (Wildman–Crippen MR) is 82.0 cm³/mol. The molecule has 0 saturated carbocycles. The molecule has 0 aliphatic carbocycles. The van der Waals surface area contributed by atoms with E-state index in [0.29, 0.717) is 36.7 Å². The Labute approximate surface area is 132 Å². The highest BCUT2D eigenvalue weighted by Crippen LogP contribution is 2.38. The monoisotopic (exact) mass is 317 g/mol. The molecule has 1 aromatic carbocycles. The number of carboxylic acid groups (broad SMARTS) is 1. The van der Waals surface area contributed by atoms with E-state index in [2.05, 4.69) is 10.0 Å². The molecule has 0 spiro atoms. The molecule has 0 saturated heterocycles. The third-order valence-electron chi connectivity index (χ3n) is 4.57. The molecule has 0 fully saturated rings. The van der Waals surface area contributed by atoms with Gasteiger partial charge in [0.05, 0.1) is 18.0 Å². The van der Waals surface area contributed by atoms with Crippen molar-refractivity contribution in [2.75, 3.05) is 0 Å². The van der Waals surface area contributed by atoms with Gasteiger partial charge in [0.1, 0.15) is 16.5 Å². The van der Waals surface area contributed by atoms with Gasteiger partial charge in [-0.05, 0) is 30.9 Å². The van der Waals surface area contributed by atoms with Crippen LogP contribution in [0.1, 0.15) is 36.9 Å². The molecule has 23 heavy (non-hydrogen) atoms. The van der Waals surface area contributed by atoms with E-state index in [1.54, 1.807) is 12.1 Å². The van der Waals surface area contributed by atoms with Gasteiger partial charge in [0.15, 0.2) is 6.04 Å². The number of aliphatic carboxylic acids is 1. The SMILES string of the molecule is CCC(C(=O)O)c1c2n(c3c(F)cccc13)C[C@H](N=[N+]=N)CC2. The molecule has 1 unspecified atom stereocenters. The van der Waals surface area contributed by atoms with Crippen LogP contribution in [0.15, 0.2) is 23.3 Å². The van der Waals surface area contributed by atoms with Crippen LogP contribution in [0.4, 0.5) is 4.39 Å². The Hall–Kier alpha value is -2.53. The fraction of sp³-hybridized carbons (Fsp3) is 0.438. The number of halogens is 1. The van der Waals surface area contributed by atoms with Gasteiger partial charge in [-0.25, -0.2) is 4.39 Å². The molecule has 6 nitrogen and oxygen atoms in total. The molecule has 1 aliphatic heterocycles. The first-order valence-electron chi connectivity index (χ1n) is 7.67. The predicted octanol–water partition coefficient (Wildman–Crippen LogP) is 3.22. The van der Waals surface area contributed by atoms with Gasteiger partial charge in [-0.2, -0.15) is 0 Å². The van der Waals surface area contributed by atoms with Crippen LogP contribution in [0.2, 0.25) is 0 Å². The van der Waals surface area contributed by atoms with Crippen molar-refractivity contribution in [3.05, 3.63) is 35.3 Å². The third kappa shape index (κ3) is 2.43. The molecular formula is C16H18FN4O2+. The molecule has 120 valence electrons. The van der Waals surface area contributed by atoms with Crippen LogP contribution in [-0.2, 0) is 17.8 Å². The summed E-state index contributed by atoms with van der Waals surface area (Å²) in [5, 5.41) is 14.1. The first-order chi connectivity index (χ1) is 11.1. The summed E-state index contributed by atoms with van der Waals surface area (Å²) in [5.74, 6) is -1.90. The van der Waals surface area contributed by atoms with E-state index in [1.807, 2.05) is 11.5 Å². The maximum atomic E-state index is 14.4. The van der Waals surface area contributed by atoms with Crippen LogP contribution < -0.4 is 4.91 Å². The zero-order chi connectivity index (χ0) is 16.6. The van der Waals surface area contributed by atoms with Crippen LogP contribution in [0.25, 0.3) is 10.9 Å². The van der Waals surface area contributed by atoms with Crippen molar-refractivity contribution >= 4 is 16.9 Å². The highest BCUT2D eigenvalue weighted by atomic mass is 19.1. The molecule has 7 heteroatoms. The molecule has 2 aromatic rings. The van der Waals surface area contributed by atoms with Gasteiger partial charge in [-0.15, -0.1) is 0 Å². The number of hydrogen-bond acceptors (Lipinski definition) is 3. The minimum Gasteiger partial charge on any atom is -0.481 e. The minimum atomic E-state index is -0.889. The quantitative estimate of drug-likeness (QED) is 0.669. The molecule has 0 bridgehead atoms. The van der Waals surface area contributed by atoms with Crippen molar-refractivity contribution in [1.82, 2.24) is 9.48 Å². The lowest BCUT2D eigenvalue weighted by Gasteiger charge is -2.21. The van der Waals surface area contributed by atoms with Gasteiger partial charge in [0, 0.05) is 11.1 Å². The summed E-state index contributed by atoms with van der Waals surface area (Å²) < 4.78 is 16.2. The first kappa shape index (κ1) is 15.4. The number of nitrogens with zero attached hydrogens (tertiary/aromatic N) is 3. The maximum Gasteiger partial charge on any atom is 0.311 e. The zero-order valence-corrected chi connectivity index (χ0v) is 12.8. The molecule has 0 amide bonds. The molecule has 1 aliphatic rings. The number of benzene rings is 1. The normalized spacial score (nSPS) is 18.3. The number of rotatable bonds is 4. The lowest BCUT2D eigenvalue weighted by Crippen LogP contribution is -2.24. The van der Waals surface area contributed by atoms with E-state index in [0.717, 1.165) is 11.3 Å². The lowest BCUT2D eigenvalue weighted by atomic mass is 9.91. The Kier molecular flexibility index (Phi) is 3.96. The summed E-state index contributed by atoms with van der Waals surface area (Å²) in [6.45, 7) is 2.25. The van der Waals surface area contributed by atoms with Gasteiger partial charge in [0.2, 0.25) is 4.91 Å². The van der Waals surface area contributed by atoms with Crippen LogP contribution in [0.5, 0.6) is 0 Å². The van der Waals surface area contributed by atoms with E-state index >= 15 is 0 Å². The largest absolute Gasteiger partial charge is 0.481 e. The van der Waals surface area contributed by atoms with E-state index in [-0.39, 0.29) is 11.9 Å². The van der Waals surface area contributed by atoms with Crippen LogP contribution in [0, 0.1) is 11.3 Å². The summed E-state index contributed by atoms with van der Waals surface area (Å²) in [5.41, 5.74) is 8.91. The van der Waals surface area contributed by atoms with Crippen LogP contribution >= 0.6 is 0 Å². The fourth-order valence-electron chi connectivity index (χ4n) is 3.59. The van der Waals surface area contributed by atoms with Gasteiger partial charge >= 0.3 is 5.97 Å². The van der Waals surface area contributed by atoms with Gasteiger partial charge in [-0.3, -0.25) is 4.79 Å². The number of hydrogen-bond donors (Lipinski definition) is 2. The lowest BCUT2D eigenvalue weighted by molar-refractivity contribution is -0.138. The molecule has 1 aromatic heterocycles. The molecular weight excluding hydrogens is 299 g/mol. The summed E-state index contributed by atoms with van der Waals surface area (Å²) in [6.07, 6.45) is 1.74. The van der Waals surface area contributed by atoms with E-state index in [9.17, 15) is 14.3 Å². The molecule has 2 heterocycles. The fourth-order valence-corrected chi connectivity index (χ4v) is 3.59. The number of nitrogens with one attached hydrogen (secondary N) is 1. The maximum absolute atomic E-state index is 14.4. The second kappa shape index (κ2) is 5.93. The number of para-hydroxylation sites is 1. The van der Waals surface area contributed by atoms with E-state index in [4.69, 9.17) is 5.53 Å². The Morgan fingerprint density at radius 1 is 1.61 bits per heavy atom. The summed E-state index contributed by atoms with van der Waals surface area (Å²) >= 11 is 0. The van der Waals surface area contributed by atoms with E-state index in [1.165, 1.54) is 6.07 Å². The topological polar surface area (TPSA) is 92.5 Å². The second-order valence-corrected chi connectivity index (χ2v) is 5.81. The van der Waals surface area contributed by atoms with Gasteiger partial charge in [0.25, 0.3) is 0 Å². The van der Waals surface area contributed by atoms with Gasteiger partial charge < -0.3 is 9.67 Å². The van der Waals surface area contributed by atoms with Crippen molar-refractivity contribution in [1.29, 1.82) is 5.53 Å². The third-order valence-corrected chi connectivity index (χ3v) is 4.57. The molecule has 3 rings (SSSR count). The number of carboxylic acids is 1. The zero-order valence-electron chi connectivity index (χ0n) is 12.8. The summed E-state index contributed by atoms with van der Waals surface area (Å²) in [6, 6.07) is 4.61. The molecule has 0 radical (unpaired) electrons. The summed E-state index contributed by atoms with van der Waals surface area (Å²) in [4.78, 5) is 14.7. The number of aromatic nitrogens is 1. The van der Waals surface area contributed by atoms with Crippen LogP contribution in [0.3, 0.4) is 0 Å². The highest BCUT2D eigenvalue weighted by Gasteiger charge is 2.32. The van der Waals surface area contributed by atoms with Crippen molar-refractivity contribution < 1.29 is 14.3 Å². The second-order valence-electron chi connectivity index (χ2n) is 5.81. The van der Waals surface area contributed by atoms with Crippen molar-refractivity contribution in [2.45, 2.75) is 44.7 Å². The number of fused-ring (bicyclic) bond motifs is 3. The Morgan fingerprint density at radius 2 is 2.39 bits per heavy atom. The van der Waals surface area contributed by atoms with Crippen LogP contribution in [-0.4, -0.2) is 21.7 Å². The summed E-state index contributed by atoms with van der Waals surface area (Å²) in [7, 11) is 0. The number of carbonyl (C=O) groups is 1. The average molecular weight is 317 g/mol. The molecule has 2 atom stereocenters. The van der Waals surface area contributed by atoms with Crippen molar-refractivity contribution in [2.24, 2.45) is 5.11 Å². The standard InChI is InChI=1S/C16H17FN4O2/c1-2-10(16(22)23)14-11-4-3-5-12(17)15(11)21-8-9(19-20-18)6-7-13(14)21/h3-5,9-10,18H,2,6-8H2,1H3/p+1/t9-,10?/m1/s1. The van der Waals surface area contributed by atoms with Gasteiger partial charge in [-0.1, -0.05) is 19.1 Å². The first-order valence-corrected chi connectivity index (χ1v) is 7.67. The Balaban J connectivity index is 2.28. The van der Waals surface area contributed by atoms with Crippen molar-refractivity contribution in [3.8, 4) is 0 Å². The Bertz CT molecular complexity index is 823. The van der Waals surface area contributed by atoms with Crippen molar-refractivity contribution in [3.63, 3.8) is 0 Å². The Morgan fingerprint density at radius 3 is 3.04 bits per heavy atom.